The highest BCUT2D eigenvalue weighted by Gasteiger charge is 2.22. The number of halogens is 1. The lowest BCUT2D eigenvalue weighted by molar-refractivity contribution is 0.409. The maximum Gasteiger partial charge on any atom is 0.0406 e. The van der Waals surface area contributed by atoms with Crippen LogP contribution in [-0.2, 0) is 12.8 Å². The van der Waals surface area contributed by atoms with E-state index in [1.165, 1.54) is 30.4 Å². The summed E-state index contributed by atoms with van der Waals surface area (Å²) in [6, 6.07) is 11.5. The molecule has 20 heavy (non-hydrogen) atoms. The van der Waals surface area contributed by atoms with Crippen LogP contribution in [0, 0.1) is 0 Å². The minimum atomic E-state index is 0.479. The third-order valence-corrected chi connectivity index (χ3v) is 5.24. The van der Waals surface area contributed by atoms with Crippen LogP contribution in [0.2, 0.25) is 5.02 Å². The second-order valence-corrected chi connectivity index (χ2v) is 7.08. The van der Waals surface area contributed by atoms with Crippen LogP contribution in [0.25, 0.3) is 0 Å². The van der Waals surface area contributed by atoms with Crippen molar-refractivity contribution in [1.82, 2.24) is 5.32 Å². The summed E-state index contributed by atoms with van der Waals surface area (Å²) in [5, 5.41) is 6.84. The fourth-order valence-electron chi connectivity index (χ4n) is 3.04. The number of benzene rings is 1. The molecule has 3 rings (SSSR count). The van der Waals surface area contributed by atoms with Gasteiger partial charge in [-0.3, -0.25) is 0 Å². The van der Waals surface area contributed by atoms with Crippen molar-refractivity contribution in [1.29, 1.82) is 0 Å². The Morgan fingerprint density at radius 1 is 1.30 bits per heavy atom. The first-order valence-electron chi connectivity index (χ1n) is 7.29. The molecular weight excluding hydrogens is 286 g/mol. The van der Waals surface area contributed by atoms with Crippen molar-refractivity contribution in [2.24, 2.45) is 0 Å². The number of rotatable bonds is 4. The topological polar surface area (TPSA) is 12.0 Å². The molecule has 1 aromatic heterocycles. The van der Waals surface area contributed by atoms with Crippen molar-refractivity contribution in [2.45, 2.75) is 44.7 Å². The Kier molecular flexibility index (Phi) is 4.45. The Morgan fingerprint density at radius 3 is 2.90 bits per heavy atom. The van der Waals surface area contributed by atoms with E-state index in [4.69, 9.17) is 11.6 Å². The zero-order valence-electron chi connectivity index (χ0n) is 11.7. The predicted molar refractivity (Wildman–Crippen MR) is 87.8 cm³/mol. The highest BCUT2D eigenvalue weighted by molar-refractivity contribution is 7.10. The van der Waals surface area contributed by atoms with Crippen LogP contribution >= 0.6 is 22.9 Å². The summed E-state index contributed by atoms with van der Waals surface area (Å²) in [6.45, 7) is 2.27. The van der Waals surface area contributed by atoms with Gasteiger partial charge in [0.25, 0.3) is 0 Å². The molecule has 2 atom stereocenters. The van der Waals surface area contributed by atoms with Gasteiger partial charge in [-0.1, -0.05) is 23.7 Å². The molecule has 1 aliphatic rings. The first-order valence-corrected chi connectivity index (χ1v) is 8.55. The normalized spacial score (nSPS) is 19.6. The fourth-order valence-corrected chi connectivity index (χ4v) is 4.15. The van der Waals surface area contributed by atoms with Crippen molar-refractivity contribution < 1.29 is 0 Å². The van der Waals surface area contributed by atoms with Crippen LogP contribution in [0.15, 0.2) is 35.7 Å². The van der Waals surface area contributed by atoms with Crippen molar-refractivity contribution in [3.05, 3.63) is 56.7 Å². The summed E-state index contributed by atoms with van der Waals surface area (Å²) >= 11 is 7.84. The Labute approximate surface area is 130 Å². The van der Waals surface area contributed by atoms with Gasteiger partial charge in [-0.05, 0) is 67.3 Å². The molecule has 0 saturated carbocycles. The number of hydrogen-bond donors (Lipinski definition) is 1. The largest absolute Gasteiger partial charge is 0.307 e. The maximum atomic E-state index is 5.93. The Balaban J connectivity index is 1.62. The third kappa shape index (κ3) is 3.25. The second kappa shape index (κ2) is 6.30. The molecule has 0 aliphatic heterocycles. The molecule has 1 N–H and O–H groups in total. The van der Waals surface area contributed by atoms with E-state index in [9.17, 15) is 0 Å². The van der Waals surface area contributed by atoms with Crippen LogP contribution in [0.1, 0.15) is 41.8 Å². The van der Waals surface area contributed by atoms with Crippen molar-refractivity contribution >= 4 is 22.9 Å². The lowest BCUT2D eigenvalue weighted by Crippen LogP contribution is -2.33. The molecule has 1 nitrogen and oxygen atoms in total. The van der Waals surface area contributed by atoms with Crippen LogP contribution < -0.4 is 5.32 Å². The van der Waals surface area contributed by atoms with Gasteiger partial charge in [0.1, 0.15) is 0 Å². The Hall–Kier alpha value is -0.830. The van der Waals surface area contributed by atoms with E-state index in [-0.39, 0.29) is 0 Å². The molecule has 0 spiro atoms. The molecule has 2 aromatic rings. The van der Waals surface area contributed by atoms with E-state index in [1.54, 1.807) is 4.88 Å². The van der Waals surface area contributed by atoms with Gasteiger partial charge in [0.05, 0.1) is 0 Å². The van der Waals surface area contributed by atoms with E-state index in [1.807, 2.05) is 23.5 Å². The monoisotopic (exact) mass is 305 g/mol. The smallest absolute Gasteiger partial charge is 0.0406 e. The molecule has 2 unspecified atom stereocenters. The van der Waals surface area contributed by atoms with E-state index in [0.29, 0.717) is 12.1 Å². The first kappa shape index (κ1) is 14.1. The van der Waals surface area contributed by atoms with Gasteiger partial charge in [0.15, 0.2) is 0 Å². The number of aryl methyl sites for hydroxylation is 1. The van der Waals surface area contributed by atoms with Crippen LogP contribution in [0.4, 0.5) is 0 Å². The Bertz CT molecular complexity index is 561. The van der Waals surface area contributed by atoms with E-state index in [2.05, 4.69) is 35.8 Å². The summed E-state index contributed by atoms with van der Waals surface area (Å²) in [5.41, 5.74) is 2.87. The lowest BCUT2D eigenvalue weighted by Gasteiger charge is -2.27. The number of fused-ring (bicyclic) bond motifs is 1. The van der Waals surface area contributed by atoms with Gasteiger partial charge < -0.3 is 5.32 Å². The summed E-state index contributed by atoms with van der Waals surface area (Å²) in [4.78, 5) is 1.58. The molecule has 0 fully saturated rings. The zero-order valence-corrected chi connectivity index (χ0v) is 13.3. The van der Waals surface area contributed by atoms with Gasteiger partial charge >= 0.3 is 0 Å². The standard InChI is InChI=1S/C17H20ClNS/c1-12(11-13-5-7-14(18)8-6-13)19-16-3-2-4-17-15(16)9-10-20-17/h5-10,12,16,19H,2-4,11H2,1H3. The molecule has 1 aliphatic carbocycles. The molecule has 0 amide bonds. The number of hydrogen-bond acceptors (Lipinski definition) is 2. The van der Waals surface area contributed by atoms with E-state index in [0.717, 1.165) is 11.4 Å². The second-order valence-electron chi connectivity index (χ2n) is 5.64. The average molecular weight is 306 g/mol. The highest BCUT2D eigenvalue weighted by Crippen LogP contribution is 2.33. The molecule has 106 valence electrons. The van der Waals surface area contributed by atoms with Crippen molar-refractivity contribution in [2.75, 3.05) is 0 Å². The van der Waals surface area contributed by atoms with Crippen LogP contribution in [0.5, 0.6) is 0 Å². The fraction of sp³-hybridized carbons (Fsp3) is 0.412. The first-order chi connectivity index (χ1) is 9.72. The quantitative estimate of drug-likeness (QED) is 0.838. The van der Waals surface area contributed by atoms with Gasteiger partial charge in [-0.25, -0.2) is 0 Å². The van der Waals surface area contributed by atoms with Gasteiger partial charge in [-0.2, -0.15) is 0 Å². The highest BCUT2D eigenvalue weighted by atomic mass is 35.5. The number of thiophene rings is 1. The zero-order chi connectivity index (χ0) is 13.9. The summed E-state index contributed by atoms with van der Waals surface area (Å²) in [6.07, 6.45) is 4.87. The minimum Gasteiger partial charge on any atom is -0.307 e. The number of nitrogens with one attached hydrogen (secondary N) is 1. The summed E-state index contributed by atoms with van der Waals surface area (Å²) in [7, 11) is 0. The molecule has 1 aromatic carbocycles. The molecule has 0 bridgehead atoms. The van der Waals surface area contributed by atoms with Crippen LogP contribution in [0.3, 0.4) is 0 Å². The van der Waals surface area contributed by atoms with E-state index < -0.39 is 0 Å². The van der Waals surface area contributed by atoms with Crippen molar-refractivity contribution in [3.8, 4) is 0 Å². The van der Waals surface area contributed by atoms with Crippen LogP contribution in [-0.4, -0.2) is 6.04 Å². The molecule has 0 saturated heterocycles. The SMILES string of the molecule is CC(Cc1ccc(Cl)cc1)NC1CCCc2sccc21. The van der Waals surface area contributed by atoms with Gasteiger partial charge in [0, 0.05) is 22.0 Å². The molecule has 1 heterocycles. The summed E-state index contributed by atoms with van der Waals surface area (Å²) in [5.74, 6) is 0. The molecular formula is C17H20ClNS. The van der Waals surface area contributed by atoms with Gasteiger partial charge in [-0.15, -0.1) is 11.3 Å². The maximum absolute atomic E-state index is 5.93. The predicted octanol–water partition coefficient (Wildman–Crippen LogP) is 5.00. The minimum absolute atomic E-state index is 0.479. The summed E-state index contributed by atoms with van der Waals surface area (Å²) < 4.78 is 0. The third-order valence-electron chi connectivity index (χ3n) is 3.99. The Morgan fingerprint density at radius 2 is 2.10 bits per heavy atom. The van der Waals surface area contributed by atoms with Gasteiger partial charge in [0.2, 0.25) is 0 Å². The molecule has 0 radical (unpaired) electrons. The molecule has 3 heteroatoms. The van der Waals surface area contributed by atoms with Crippen molar-refractivity contribution in [3.63, 3.8) is 0 Å². The lowest BCUT2D eigenvalue weighted by atomic mass is 9.93. The average Bonchev–Trinajstić information content (AvgIpc) is 2.91. The van der Waals surface area contributed by atoms with E-state index >= 15 is 0 Å².